The fourth-order valence-corrected chi connectivity index (χ4v) is 2.29. The van der Waals surface area contributed by atoms with Crippen LogP contribution in [0.1, 0.15) is 17.5 Å². The summed E-state index contributed by atoms with van der Waals surface area (Å²) in [6.07, 6.45) is 3.85. The second-order valence-electron chi connectivity index (χ2n) is 3.31. The average Bonchev–Trinajstić information content (AvgIpc) is 2.49. The van der Waals surface area contributed by atoms with E-state index in [4.69, 9.17) is 0 Å². The Bertz CT molecular complexity index is 306. The smallest absolute Gasteiger partial charge is 0.0413 e. The Balaban J connectivity index is 2.49. The van der Waals surface area contributed by atoms with Crippen LogP contribution < -0.4 is 10.6 Å². The topological polar surface area (TPSA) is 12.0 Å². The first-order valence-corrected chi connectivity index (χ1v) is 4.98. The highest BCUT2D eigenvalue weighted by Crippen LogP contribution is 2.24. The maximum atomic E-state index is 3.20. The zero-order valence-electron chi connectivity index (χ0n) is 7.35. The maximum Gasteiger partial charge on any atom is 0.0413 e. The number of fused-ring (bicyclic) bond motifs is 1. The first-order valence-electron chi connectivity index (χ1n) is 4.40. The quantitative estimate of drug-likeness (QED) is 0.647. The molecule has 1 nitrogen and oxygen atoms in total. The SMILES string of the molecule is CNc1cc2c(cc1P)CCC2. The summed E-state index contributed by atoms with van der Waals surface area (Å²) in [5.41, 5.74) is 4.32. The maximum absolute atomic E-state index is 3.20. The lowest BCUT2D eigenvalue weighted by Gasteiger charge is -2.07. The molecule has 1 aliphatic carbocycles. The minimum absolute atomic E-state index is 1.25. The van der Waals surface area contributed by atoms with Gasteiger partial charge in [0, 0.05) is 12.7 Å². The van der Waals surface area contributed by atoms with E-state index in [9.17, 15) is 0 Å². The molecule has 0 aromatic heterocycles. The zero-order valence-corrected chi connectivity index (χ0v) is 8.51. The lowest BCUT2D eigenvalue weighted by atomic mass is 10.1. The molecule has 1 aromatic rings. The summed E-state index contributed by atoms with van der Waals surface area (Å²) >= 11 is 0. The van der Waals surface area contributed by atoms with Gasteiger partial charge in [0.05, 0.1) is 0 Å². The summed E-state index contributed by atoms with van der Waals surface area (Å²) in [6.45, 7) is 0. The molecule has 1 aliphatic rings. The van der Waals surface area contributed by atoms with E-state index in [1.54, 1.807) is 5.56 Å². The Morgan fingerprint density at radius 3 is 2.58 bits per heavy atom. The summed E-state index contributed by atoms with van der Waals surface area (Å²) in [6, 6.07) is 4.57. The molecule has 0 saturated heterocycles. The van der Waals surface area contributed by atoms with Crippen molar-refractivity contribution >= 4 is 20.2 Å². The predicted octanol–water partition coefficient (Wildman–Crippen LogP) is 1.72. The van der Waals surface area contributed by atoms with E-state index in [1.165, 1.54) is 35.8 Å². The molecular formula is C10H14NP. The van der Waals surface area contributed by atoms with Crippen LogP contribution in [0.5, 0.6) is 0 Å². The number of hydrogen-bond donors (Lipinski definition) is 1. The molecule has 1 atom stereocenters. The van der Waals surface area contributed by atoms with Crippen LogP contribution in [0.2, 0.25) is 0 Å². The first-order chi connectivity index (χ1) is 5.81. The van der Waals surface area contributed by atoms with Crippen molar-refractivity contribution in [1.29, 1.82) is 0 Å². The van der Waals surface area contributed by atoms with E-state index in [2.05, 4.69) is 26.7 Å². The molecule has 2 heteroatoms. The Morgan fingerprint density at radius 2 is 1.92 bits per heavy atom. The van der Waals surface area contributed by atoms with Crippen molar-refractivity contribution in [1.82, 2.24) is 0 Å². The summed E-state index contributed by atoms with van der Waals surface area (Å²) in [5.74, 6) is 0. The molecule has 2 rings (SSSR count). The Hall–Kier alpha value is -0.550. The molecular weight excluding hydrogens is 165 g/mol. The van der Waals surface area contributed by atoms with Crippen molar-refractivity contribution in [2.45, 2.75) is 19.3 Å². The molecule has 1 unspecified atom stereocenters. The molecule has 0 fully saturated rings. The molecule has 0 saturated carbocycles. The van der Waals surface area contributed by atoms with Crippen LogP contribution in [0.25, 0.3) is 0 Å². The van der Waals surface area contributed by atoms with Gasteiger partial charge in [0.15, 0.2) is 0 Å². The minimum atomic E-state index is 1.25. The van der Waals surface area contributed by atoms with Crippen molar-refractivity contribution in [3.63, 3.8) is 0 Å². The normalized spacial score (nSPS) is 14.5. The first kappa shape index (κ1) is 8.07. The highest BCUT2D eigenvalue weighted by Gasteiger charge is 2.12. The van der Waals surface area contributed by atoms with E-state index < -0.39 is 0 Å². The second-order valence-corrected chi connectivity index (χ2v) is 3.93. The van der Waals surface area contributed by atoms with Gasteiger partial charge in [-0.1, -0.05) is 0 Å². The third-order valence-corrected chi connectivity index (χ3v) is 3.01. The Morgan fingerprint density at radius 1 is 1.25 bits per heavy atom. The fraction of sp³-hybridized carbons (Fsp3) is 0.400. The third-order valence-electron chi connectivity index (χ3n) is 2.53. The van der Waals surface area contributed by atoms with Crippen molar-refractivity contribution < 1.29 is 0 Å². The number of nitrogens with one attached hydrogen (secondary N) is 1. The van der Waals surface area contributed by atoms with Crippen molar-refractivity contribution in [2.24, 2.45) is 0 Å². The van der Waals surface area contributed by atoms with Crippen molar-refractivity contribution in [3.8, 4) is 0 Å². The predicted molar refractivity (Wildman–Crippen MR) is 57.4 cm³/mol. The summed E-state index contributed by atoms with van der Waals surface area (Å²) in [7, 11) is 4.76. The van der Waals surface area contributed by atoms with Gasteiger partial charge in [-0.2, -0.15) is 0 Å². The van der Waals surface area contributed by atoms with Crippen molar-refractivity contribution in [3.05, 3.63) is 23.3 Å². The fourth-order valence-electron chi connectivity index (χ4n) is 1.86. The highest BCUT2D eigenvalue weighted by molar-refractivity contribution is 7.28. The van der Waals surface area contributed by atoms with Crippen LogP contribution in [0.4, 0.5) is 5.69 Å². The van der Waals surface area contributed by atoms with Gasteiger partial charge in [0.2, 0.25) is 0 Å². The molecule has 0 heterocycles. The van der Waals surface area contributed by atoms with E-state index in [1.807, 2.05) is 7.05 Å². The van der Waals surface area contributed by atoms with Crippen LogP contribution in [0, 0.1) is 0 Å². The van der Waals surface area contributed by atoms with Crippen molar-refractivity contribution in [2.75, 3.05) is 12.4 Å². The summed E-state index contributed by atoms with van der Waals surface area (Å²) in [4.78, 5) is 0. The van der Waals surface area contributed by atoms with E-state index in [-0.39, 0.29) is 0 Å². The minimum Gasteiger partial charge on any atom is -0.388 e. The highest BCUT2D eigenvalue weighted by atomic mass is 31.0. The number of hydrogen-bond acceptors (Lipinski definition) is 1. The van der Waals surface area contributed by atoms with Gasteiger partial charge in [-0.3, -0.25) is 0 Å². The van der Waals surface area contributed by atoms with Crippen LogP contribution in [0.15, 0.2) is 12.1 Å². The molecule has 1 N–H and O–H groups in total. The van der Waals surface area contributed by atoms with Crippen LogP contribution >= 0.6 is 9.24 Å². The van der Waals surface area contributed by atoms with Gasteiger partial charge in [-0.05, 0) is 47.8 Å². The molecule has 64 valence electrons. The monoisotopic (exact) mass is 179 g/mol. The molecule has 0 radical (unpaired) electrons. The Kier molecular flexibility index (Phi) is 2.06. The van der Waals surface area contributed by atoms with E-state index in [0.717, 1.165) is 0 Å². The largest absolute Gasteiger partial charge is 0.388 e. The molecule has 0 spiro atoms. The number of anilines is 1. The van der Waals surface area contributed by atoms with Crippen LogP contribution in [-0.2, 0) is 12.8 Å². The molecule has 0 aliphatic heterocycles. The molecule has 12 heavy (non-hydrogen) atoms. The van der Waals surface area contributed by atoms with Gasteiger partial charge < -0.3 is 5.32 Å². The van der Waals surface area contributed by atoms with Crippen LogP contribution in [-0.4, -0.2) is 7.05 Å². The number of aryl methyl sites for hydroxylation is 2. The van der Waals surface area contributed by atoms with E-state index >= 15 is 0 Å². The number of rotatable bonds is 1. The number of benzene rings is 1. The van der Waals surface area contributed by atoms with Gasteiger partial charge in [0.25, 0.3) is 0 Å². The molecule has 1 aromatic carbocycles. The van der Waals surface area contributed by atoms with E-state index in [0.29, 0.717) is 0 Å². The lowest BCUT2D eigenvalue weighted by molar-refractivity contribution is 0.912. The standard InChI is InChI=1S/C10H14NP/c1-11-9-5-7-3-2-4-8(7)6-10(9)12/h5-6,11H,2-4,12H2,1H3. The lowest BCUT2D eigenvalue weighted by Crippen LogP contribution is -2.03. The average molecular weight is 179 g/mol. The molecule has 0 bridgehead atoms. The van der Waals surface area contributed by atoms with Crippen LogP contribution in [0.3, 0.4) is 0 Å². The second kappa shape index (κ2) is 3.06. The Labute approximate surface area is 75.8 Å². The summed E-state index contributed by atoms with van der Waals surface area (Å²) < 4.78 is 0. The summed E-state index contributed by atoms with van der Waals surface area (Å²) in [5, 5.41) is 4.49. The van der Waals surface area contributed by atoms with Gasteiger partial charge in [-0.15, -0.1) is 9.24 Å². The zero-order chi connectivity index (χ0) is 8.55. The van der Waals surface area contributed by atoms with Gasteiger partial charge in [0.1, 0.15) is 0 Å². The third kappa shape index (κ3) is 1.23. The molecule has 0 amide bonds. The van der Waals surface area contributed by atoms with Gasteiger partial charge >= 0.3 is 0 Å². The van der Waals surface area contributed by atoms with Gasteiger partial charge in [-0.25, -0.2) is 0 Å².